The number of hydrogen-bond acceptors (Lipinski definition) is 6. The van der Waals surface area contributed by atoms with Gasteiger partial charge in [-0.15, -0.1) is 0 Å². The highest BCUT2D eigenvalue weighted by molar-refractivity contribution is 5.62. The first kappa shape index (κ1) is 52.7. The van der Waals surface area contributed by atoms with E-state index in [1.165, 1.54) is 106 Å². The number of rotatable bonds is 14. The third-order valence-electron chi connectivity index (χ3n) is 12.8. The minimum atomic E-state index is -0.0659. The zero-order chi connectivity index (χ0) is 46.7. The van der Waals surface area contributed by atoms with Crippen LogP contribution in [0, 0.1) is 39.5 Å². The van der Waals surface area contributed by atoms with Gasteiger partial charge in [-0.05, 0) is 171 Å². The maximum absolute atomic E-state index is 2.36. The molecule has 0 heterocycles. The van der Waals surface area contributed by atoms with Gasteiger partial charge in [0.2, 0.25) is 0 Å². The maximum Gasteiger partial charge on any atom is 0.0420 e. The van der Waals surface area contributed by atoms with Gasteiger partial charge in [0.15, 0.2) is 0 Å². The molecule has 1 saturated carbocycles. The molecule has 0 aromatic heterocycles. The summed E-state index contributed by atoms with van der Waals surface area (Å²) < 4.78 is 0. The first-order chi connectivity index (χ1) is 28.8. The Labute approximate surface area is 382 Å². The van der Waals surface area contributed by atoms with Crippen molar-refractivity contribution in [3.63, 3.8) is 0 Å². The fraction of sp³-hybridized carbons (Fsp3) is 0.571. The van der Waals surface area contributed by atoms with Gasteiger partial charge >= 0.3 is 0 Å². The zero-order valence-corrected chi connectivity index (χ0v) is 43.4. The van der Waals surface area contributed by atoms with Crippen molar-refractivity contribution >= 4 is 11.4 Å². The first-order valence-electron chi connectivity index (χ1n) is 23.2. The number of anilines is 2. The van der Waals surface area contributed by atoms with Gasteiger partial charge in [-0.2, -0.15) is 0 Å². The molecule has 4 aromatic rings. The van der Waals surface area contributed by atoms with E-state index in [4.69, 9.17) is 0 Å². The Morgan fingerprint density at radius 2 is 0.758 bits per heavy atom. The number of hydrogen-bond donors (Lipinski definition) is 0. The summed E-state index contributed by atoms with van der Waals surface area (Å²) in [5.41, 5.74) is 16.0. The van der Waals surface area contributed by atoms with Crippen LogP contribution < -0.4 is 9.80 Å². The van der Waals surface area contributed by atoms with Crippen LogP contribution in [-0.4, -0.2) is 117 Å². The highest BCUT2D eigenvalue weighted by atomic mass is 15.1. The maximum atomic E-state index is 2.36. The number of nitrogens with zero attached hydrogens (tertiary/aromatic N) is 6. The van der Waals surface area contributed by atoms with E-state index in [1.54, 1.807) is 0 Å². The Kier molecular flexibility index (Phi) is 19.8. The molecule has 1 aliphatic rings. The lowest BCUT2D eigenvalue weighted by molar-refractivity contribution is 0.185. The summed E-state index contributed by atoms with van der Waals surface area (Å²) in [6.07, 6.45) is 5.78. The number of benzene rings is 4. The van der Waals surface area contributed by atoms with E-state index in [2.05, 4.69) is 242 Å². The normalized spacial score (nSPS) is 15.7. The molecule has 6 nitrogen and oxygen atoms in total. The monoisotopic (exact) mass is 847 g/mol. The quantitative estimate of drug-likeness (QED) is 0.125. The van der Waals surface area contributed by atoms with Gasteiger partial charge in [0.05, 0.1) is 0 Å². The summed E-state index contributed by atoms with van der Waals surface area (Å²) in [7, 11) is 25.6. The molecule has 2 unspecified atom stereocenters. The average molecular weight is 847 g/mol. The van der Waals surface area contributed by atoms with Crippen molar-refractivity contribution in [2.24, 2.45) is 11.8 Å². The highest BCUT2D eigenvalue weighted by Gasteiger charge is 2.28. The van der Waals surface area contributed by atoms with Crippen LogP contribution in [-0.2, 0) is 23.9 Å². The summed E-state index contributed by atoms with van der Waals surface area (Å²) in [4.78, 5) is 13.5. The second kappa shape index (κ2) is 23.3. The van der Waals surface area contributed by atoms with E-state index >= 15 is 0 Å². The van der Waals surface area contributed by atoms with Crippen molar-refractivity contribution in [3.05, 3.63) is 128 Å². The van der Waals surface area contributed by atoms with Crippen LogP contribution in [0.25, 0.3) is 0 Å². The molecule has 5 rings (SSSR count). The molecule has 0 amide bonds. The van der Waals surface area contributed by atoms with Gasteiger partial charge in [-0.1, -0.05) is 107 Å². The molecule has 2 atom stereocenters. The van der Waals surface area contributed by atoms with E-state index in [0.29, 0.717) is 0 Å². The third kappa shape index (κ3) is 15.2. The molecule has 1 aliphatic carbocycles. The predicted octanol–water partition coefficient (Wildman–Crippen LogP) is 11.4. The van der Waals surface area contributed by atoms with Crippen molar-refractivity contribution in [1.82, 2.24) is 19.6 Å². The predicted molar refractivity (Wildman–Crippen MR) is 275 cm³/mol. The SMILES string of the molecule is CN(C)CC1CCCC(CN(C)C)C1.CN(C)Cc1cccc(CN(C)C)c1.Cc1cc(C(C)(C)c2ccc(C(C)(C)c3cc(C)c(N(C)C)c(C)c3)cc2)cc(C)c1N(C)C. The summed E-state index contributed by atoms with van der Waals surface area (Å²) >= 11 is 0. The fourth-order valence-electron chi connectivity index (χ4n) is 10.0. The van der Waals surface area contributed by atoms with Crippen LogP contribution in [0.4, 0.5) is 11.4 Å². The molecule has 6 heteroatoms. The molecule has 0 radical (unpaired) electrons. The van der Waals surface area contributed by atoms with Crippen LogP contribution in [0.1, 0.15) is 109 Å². The Hall–Kier alpha value is -3.68. The van der Waals surface area contributed by atoms with Gasteiger partial charge in [0, 0.05) is 76.6 Å². The van der Waals surface area contributed by atoms with Crippen LogP contribution in [0.5, 0.6) is 0 Å². The van der Waals surface area contributed by atoms with Gasteiger partial charge in [-0.25, -0.2) is 0 Å². The lowest BCUT2D eigenvalue weighted by Crippen LogP contribution is -2.31. The second-order valence-corrected chi connectivity index (χ2v) is 21.3. The average Bonchev–Trinajstić information content (AvgIpc) is 3.14. The van der Waals surface area contributed by atoms with Crippen LogP contribution >= 0.6 is 0 Å². The molecule has 0 spiro atoms. The van der Waals surface area contributed by atoms with Crippen molar-refractivity contribution < 1.29 is 0 Å². The fourth-order valence-corrected chi connectivity index (χ4v) is 10.0. The molecule has 4 aromatic carbocycles. The third-order valence-corrected chi connectivity index (χ3v) is 12.8. The topological polar surface area (TPSA) is 19.4 Å². The minimum Gasteiger partial charge on any atom is -0.377 e. The van der Waals surface area contributed by atoms with Crippen LogP contribution in [0.15, 0.2) is 72.8 Å². The molecule has 0 N–H and O–H groups in total. The van der Waals surface area contributed by atoms with Gasteiger partial charge in [0.1, 0.15) is 0 Å². The van der Waals surface area contributed by atoms with Crippen LogP contribution in [0.3, 0.4) is 0 Å². The van der Waals surface area contributed by atoms with Gasteiger partial charge in [-0.3, -0.25) is 0 Å². The largest absolute Gasteiger partial charge is 0.377 e. The first-order valence-corrected chi connectivity index (χ1v) is 23.2. The summed E-state index contributed by atoms with van der Waals surface area (Å²) in [5.74, 6) is 1.90. The van der Waals surface area contributed by atoms with Gasteiger partial charge in [0.25, 0.3) is 0 Å². The van der Waals surface area contributed by atoms with Crippen molar-refractivity contribution in [1.29, 1.82) is 0 Å². The molecule has 344 valence electrons. The molecular formula is C56H90N6. The summed E-state index contributed by atoms with van der Waals surface area (Å²) in [6, 6.07) is 27.5. The molecule has 0 aliphatic heterocycles. The molecular weight excluding hydrogens is 757 g/mol. The van der Waals surface area contributed by atoms with E-state index in [0.717, 1.165) is 24.9 Å². The van der Waals surface area contributed by atoms with E-state index in [1.807, 2.05) is 0 Å². The lowest BCUT2D eigenvalue weighted by atomic mass is 9.73. The minimum absolute atomic E-state index is 0.0659. The molecule has 1 fully saturated rings. The van der Waals surface area contributed by atoms with Gasteiger partial charge < -0.3 is 29.4 Å². The lowest BCUT2D eigenvalue weighted by Gasteiger charge is -2.32. The Morgan fingerprint density at radius 3 is 1.03 bits per heavy atom. The Bertz CT molecular complexity index is 1790. The summed E-state index contributed by atoms with van der Waals surface area (Å²) in [6.45, 7) is 22.8. The van der Waals surface area contributed by atoms with Crippen molar-refractivity contribution in [2.75, 3.05) is 107 Å². The highest BCUT2D eigenvalue weighted by Crippen LogP contribution is 2.39. The van der Waals surface area contributed by atoms with Crippen molar-refractivity contribution in [3.8, 4) is 0 Å². The second-order valence-electron chi connectivity index (χ2n) is 21.3. The van der Waals surface area contributed by atoms with Crippen LogP contribution in [0.2, 0.25) is 0 Å². The smallest absolute Gasteiger partial charge is 0.0420 e. The van der Waals surface area contributed by atoms with Crippen molar-refractivity contribution in [2.45, 2.75) is 105 Å². The van der Waals surface area contributed by atoms with E-state index < -0.39 is 0 Å². The molecule has 62 heavy (non-hydrogen) atoms. The Morgan fingerprint density at radius 1 is 0.435 bits per heavy atom. The van der Waals surface area contributed by atoms with E-state index in [9.17, 15) is 0 Å². The standard InChI is InChI=1S/C32H44N2.C12H26N2.C12H20N2/c1-21-17-27(18-22(2)29(21)33(9)10)31(5,6)25-13-15-26(16-14-25)32(7,8)28-19-23(3)30(34(11)12)24(4)20-28;2*1-13(2)9-11-6-5-7-12(8-11)10-14(3)4/h13-20H,1-12H3;11-12H,5-10H2,1-4H3;5-8H,9-10H2,1-4H3. The molecule has 0 bridgehead atoms. The van der Waals surface area contributed by atoms with E-state index in [-0.39, 0.29) is 10.8 Å². The zero-order valence-electron chi connectivity index (χ0n) is 43.4. The number of aryl methyl sites for hydroxylation is 4. The molecule has 0 saturated heterocycles. The summed E-state index contributed by atoms with van der Waals surface area (Å²) in [5, 5.41) is 0. The Balaban J connectivity index is 0.000000299.